The van der Waals surface area contributed by atoms with Crippen LogP contribution in [0.3, 0.4) is 0 Å². The lowest BCUT2D eigenvalue weighted by Gasteiger charge is -2.29. The van der Waals surface area contributed by atoms with Crippen LogP contribution in [0.4, 0.5) is 11.5 Å². The fraction of sp³-hybridized carbons (Fsp3) is 0.429. The highest BCUT2D eigenvalue weighted by molar-refractivity contribution is 5.97. The van der Waals surface area contributed by atoms with E-state index >= 15 is 0 Å². The summed E-state index contributed by atoms with van der Waals surface area (Å²) in [5, 5.41) is 8.15. The van der Waals surface area contributed by atoms with E-state index in [1.54, 1.807) is 31.1 Å². The molecule has 0 spiro atoms. The zero-order chi connectivity index (χ0) is 22.8. The predicted molar refractivity (Wildman–Crippen MR) is 121 cm³/mol. The van der Waals surface area contributed by atoms with Crippen LogP contribution in [0.15, 0.2) is 29.2 Å². The topological polar surface area (TPSA) is 120 Å². The average Bonchev–Trinajstić information content (AvgIpc) is 3.54. The lowest BCUT2D eigenvalue weighted by Crippen LogP contribution is -2.37. The summed E-state index contributed by atoms with van der Waals surface area (Å²) >= 11 is 0. The first-order valence-corrected chi connectivity index (χ1v) is 10.7. The molecule has 0 atom stereocenters. The van der Waals surface area contributed by atoms with Crippen molar-refractivity contribution >= 4 is 22.5 Å². The summed E-state index contributed by atoms with van der Waals surface area (Å²) in [5.74, 6) is 2.07. The fourth-order valence-corrected chi connectivity index (χ4v) is 3.70. The van der Waals surface area contributed by atoms with E-state index in [-0.39, 0.29) is 0 Å². The van der Waals surface area contributed by atoms with Gasteiger partial charge in [0.05, 0.1) is 25.5 Å². The lowest BCUT2D eigenvalue weighted by molar-refractivity contribution is 0.122. The maximum absolute atomic E-state index is 5.69. The quantitative estimate of drug-likeness (QED) is 0.406. The van der Waals surface area contributed by atoms with Crippen LogP contribution in [0.1, 0.15) is 5.89 Å². The van der Waals surface area contributed by atoms with Gasteiger partial charge in [0.1, 0.15) is 23.1 Å². The largest absolute Gasteiger partial charge is 0.420 e. The monoisotopic (exact) mass is 451 g/mol. The van der Waals surface area contributed by atoms with E-state index in [2.05, 4.69) is 25.0 Å². The van der Waals surface area contributed by atoms with Gasteiger partial charge < -0.3 is 23.7 Å². The minimum atomic E-state index is 0.349. The van der Waals surface area contributed by atoms with Gasteiger partial charge >= 0.3 is 0 Å². The zero-order valence-electron chi connectivity index (χ0n) is 18.8. The molecule has 0 aromatic carbocycles. The third-order valence-electron chi connectivity index (χ3n) is 5.44. The van der Waals surface area contributed by atoms with Crippen molar-refractivity contribution in [3.8, 4) is 17.5 Å². The Kier molecular flexibility index (Phi) is 5.84. The molecule has 0 N–H and O–H groups in total. The maximum Gasteiger partial charge on any atom is 0.266 e. The molecule has 0 aliphatic carbocycles. The fourth-order valence-electron chi connectivity index (χ4n) is 3.70. The number of aryl methyl sites for hydroxylation is 1. The zero-order valence-corrected chi connectivity index (χ0v) is 18.8. The van der Waals surface area contributed by atoms with Crippen LogP contribution in [0, 0.1) is 6.92 Å². The van der Waals surface area contributed by atoms with E-state index < -0.39 is 0 Å². The van der Waals surface area contributed by atoms with Gasteiger partial charge in [0, 0.05) is 53.1 Å². The standard InChI is InChI=1S/C21H25N9O3/c1-14-26-27-20(33-14)15-12-16(28(2)6-9-31-3)17-18(23-15)19(29-7-10-32-11-8-29)25-21(24-17)30-5-4-22-13-30/h4-5,12-13H,6-11H2,1-3H3. The van der Waals surface area contributed by atoms with Gasteiger partial charge in [0.2, 0.25) is 11.8 Å². The van der Waals surface area contributed by atoms with Crippen LogP contribution in [-0.2, 0) is 9.47 Å². The smallest absolute Gasteiger partial charge is 0.266 e. The van der Waals surface area contributed by atoms with E-state index in [0.717, 1.165) is 11.5 Å². The number of ether oxygens (including phenoxy) is 2. The Morgan fingerprint density at radius 2 is 1.97 bits per heavy atom. The first-order chi connectivity index (χ1) is 16.1. The highest BCUT2D eigenvalue weighted by Crippen LogP contribution is 2.34. The minimum Gasteiger partial charge on any atom is -0.420 e. The molecule has 0 unspecified atom stereocenters. The van der Waals surface area contributed by atoms with Gasteiger partial charge in [-0.2, -0.15) is 4.98 Å². The number of imidazole rings is 1. The Hall–Kier alpha value is -3.64. The van der Waals surface area contributed by atoms with Crippen molar-refractivity contribution in [2.24, 2.45) is 0 Å². The number of methoxy groups -OCH3 is 1. The molecule has 1 aliphatic heterocycles. The number of aromatic nitrogens is 7. The molecule has 0 amide bonds. The van der Waals surface area contributed by atoms with Crippen LogP contribution in [-0.4, -0.2) is 88.3 Å². The lowest BCUT2D eigenvalue weighted by atomic mass is 10.2. The van der Waals surface area contributed by atoms with Gasteiger partial charge in [-0.3, -0.25) is 4.57 Å². The Morgan fingerprint density at radius 3 is 2.67 bits per heavy atom. The molecule has 12 nitrogen and oxygen atoms in total. The third kappa shape index (κ3) is 4.22. The number of hydrogen-bond acceptors (Lipinski definition) is 11. The van der Waals surface area contributed by atoms with E-state index in [0.29, 0.717) is 73.9 Å². The van der Waals surface area contributed by atoms with Crippen molar-refractivity contribution in [1.29, 1.82) is 0 Å². The molecule has 0 radical (unpaired) electrons. The second-order valence-corrected chi connectivity index (χ2v) is 7.68. The van der Waals surface area contributed by atoms with Crippen LogP contribution >= 0.6 is 0 Å². The number of pyridine rings is 1. The number of likely N-dealkylation sites (N-methyl/N-ethyl adjacent to an activating group) is 1. The summed E-state index contributed by atoms with van der Waals surface area (Å²) in [6.07, 6.45) is 5.20. The van der Waals surface area contributed by atoms with E-state index in [4.69, 9.17) is 28.8 Å². The number of anilines is 2. The molecule has 1 saturated heterocycles. The SMILES string of the molecule is COCCN(C)c1cc(-c2nnc(C)o2)nc2c(N3CCOCC3)nc(-n3ccnc3)nc12. The Morgan fingerprint density at radius 1 is 1.12 bits per heavy atom. The van der Waals surface area contributed by atoms with E-state index in [1.807, 2.05) is 19.3 Å². The van der Waals surface area contributed by atoms with Gasteiger partial charge in [0.25, 0.3) is 5.89 Å². The molecule has 33 heavy (non-hydrogen) atoms. The Bertz CT molecular complexity index is 1240. The van der Waals surface area contributed by atoms with Crippen molar-refractivity contribution in [2.75, 3.05) is 63.4 Å². The number of rotatable bonds is 7. The first kappa shape index (κ1) is 21.2. The second kappa shape index (κ2) is 9.08. The molecule has 172 valence electrons. The highest BCUT2D eigenvalue weighted by Gasteiger charge is 2.24. The molecule has 0 saturated carbocycles. The van der Waals surface area contributed by atoms with Gasteiger partial charge in [-0.15, -0.1) is 10.2 Å². The molecular formula is C21H25N9O3. The van der Waals surface area contributed by atoms with Crippen molar-refractivity contribution in [3.63, 3.8) is 0 Å². The predicted octanol–water partition coefficient (Wildman–Crippen LogP) is 1.49. The molecule has 12 heteroatoms. The average molecular weight is 451 g/mol. The summed E-state index contributed by atoms with van der Waals surface area (Å²) < 4.78 is 18.3. The molecule has 4 aromatic rings. The van der Waals surface area contributed by atoms with Crippen LogP contribution in [0.5, 0.6) is 0 Å². The van der Waals surface area contributed by atoms with Crippen LogP contribution < -0.4 is 9.80 Å². The van der Waals surface area contributed by atoms with Crippen molar-refractivity contribution in [2.45, 2.75) is 6.92 Å². The summed E-state index contributed by atoms with van der Waals surface area (Å²) in [6, 6.07) is 1.92. The first-order valence-electron chi connectivity index (χ1n) is 10.7. The molecule has 1 aliphatic rings. The molecule has 5 heterocycles. The van der Waals surface area contributed by atoms with Crippen molar-refractivity contribution in [3.05, 3.63) is 30.7 Å². The van der Waals surface area contributed by atoms with Gasteiger partial charge in [-0.1, -0.05) is 0 Å². The number of nitrogens with zero attached hydrogens (tertiary/aromatic N) is 9. The highest BCUT2D eigenvalue weighted by atomic mass is 16.5. The Balaban J connectivity index is 1.76. The molecule has 0 bridgehead atoms. The summed E-state index contributed by atoms with van der Waals surface area (Å²) in [6.45, 7) is 5.62. The number of morpholine rings is 1. The minimum absolute atomic E-state index is 0.349. The van der Waals surface area contributed by atoms with Gasteiger partial charge in [-0.25, -0.2) is 15.0 Å². The number of fused-ring (bicyclic) bond motifs is 1. The van der Waals surface area contributed by atoms with Crippen LogP contribution in [0.2, 0.25) is 0 Å². The van der Waals surface area contributed by atoms with E-state index in [9.17, 15) is 0 Å². The maximum atomic E-state index is 5.69. The van der Waals surface area contributed by atoms with Gasteiger partial charge in [0.15, 0.2) is 5.82 Å². The summed E-state index contributed by atoms with van der Waals surface area (Å²) in [4.78, 5) is 23.1. The molecular weight excluding hydrogens is 426 g/mol. The number of hydrogen-bond donors (Lipinski definition) is 0. The normalized spacial score (nSPS) is 14.2. The van der Waals surface area contributed by atoms with Crippen molar-refractivity contribution in [1.82, 2.24) is 34.7 Å². The van der Waals surface area contributed by atoms with Gasteiger partial charge in [-0.05, 0) is 6.07 Å². The van der Waals surface area contributed by atoms with Crippen molar-refractivity contribution < 1.29 is 13.9 Å². The third-order valence-corrected chi connectivity index (χ3v) is 5.44. The van der Waals surface area contributed by atoms with Crippen LogP contribution in [0.25, 0.3) is 28.6 Å². The Labute approximate surface area is 190 Å². The molecule has 4 aromatic heterocycles. The van der Waals surface area contributed by atoms with E-state index in [1.165, 1.54) is 0 Å². The molecule has 1 fully saturated rings. The second-order valence-electron chi connectivity index (χ2n) is 7.68. The molecule has 5 rings (SSSR count). The summed E-state index contributed by atoms with van der Waals surface area (Å²) in [7, 11) is 3.67. The summed E-state index contributed by atoms with van der Waals surface area (Å²) in [5.41, 5.74) is 2.80.